The van der Waals surface area contributed by atoms with E-state index in [-0.39, 0.29) is 23.3 Å². The highest BCUT2D eigenvalue weighted by molar-refractivity contribution is 7.92. The van der Waals surface area contributed by atoms with Crippen LogP contribution in [-0.4, -0.2) is 44.3 Å². The lowest BCUT2D eigenvalue weighted by Gasteiger charge is -2.34. The average molecular weight is 584 g/mol. The topological polar surface area (TPSA) is 86.8 Å². The molecule has 2 amide bonds. The van der Waals surface area contributed by atoms with E-state index < -0.39 is 28.5 Å². The number of carbonyl (C=O) groups excluding carboxylic acids is 2. The van der Waals surface area contributed by atoms with Crippen LogP contribution in [0.4, 0.5) is 5.69 Å². The minimum atomic E-state index is -4.11. The number of halogens is 1. The highest BCUT2D eigenvalue weighted by atomic mass is 35.5. The van der Waals surface area contributed by atoms with E-state index in [0.717, 1.165) is 9.87 Å². The summed E-state index contributed by atoms with van der Waals surface area (Å²) in [7, 11) is -4.11. The maximum absolute atomic E-state index is 14.1. The molecule has 1 N–H and O–H groups in total. The molecule has 0 saturated carbocycles. The zero-order valence-corrected chi connectivity index (χ0v) is 25.3. The van der Waals surface area contributed by atoms with Gasteiger partial charge in [0.2, 0.25) is 11.8 Å². The molecule has 40 heavy (non-hydrogen) atoms. The first-order valence-corrected chi connectivity index (χ1v) is 15.2. The van der Waals surface area contributed by atoms with E-state index in [9.17, 15) is 18.0 Å². The van der Waals surface area contributed by atoms with E-state index in [0.29, 0.717) is 34.8 Å². The Morgan fingerprint density at radius 3 is 2.20 bits per heavy atom. The Balaban J connectivity index is 2.08. The molecular formula is C31H38ClN3O4S. The number of hydrogen-bond acceptors (Lipinski definition) is 4. The Morgan fingerprint density at radius 2 is 1.60 bits per heavy atom. The summed E-state index contributed by atoms with van der Waals surface area (Å²) < 4.78 is 29.0. The van der Waals surface area contributed by atoms with E-state index in [1.165, 1.54) is 17.0 Å². The first kappa shape index (κ1) is 31.2. The SMILES string of the molecule is CC[C@@H](C(=O)NCC(C)C)N(Cc1ccccc1Cl)C(=O)CN(c1ccc(C)cc1C)S(=O)(=O)c1ccccc1. The Morgan fingerprint density at radius 1 is 0.950 bits per heavy atom. The van der Waals surface area contributed by atoms with Gasteiger partial charge in [-0.2, -0.15) is 0 Å². The minimum Gasteiger partial charge on any atom is -0.354 e. The van der Waals surface area contributed by atoms with Crippen LogP contribution < -0.4 is 9.62 Å². The van der Waals surface area contributed by atoms with Crippen molar-refractivity contribution >= 4 is 39.1 Å². The molecule has 0 bridgehead atoms. The number of anilines is 1. The highest BCUT2D eigenvalue weighted by Gasteiger charge is 2.34. The molecule has 7 nitrogen and oxygen atoms in total. The lowest BCUT2D eigenvalue weighted by molar-refractivity contribution is -0.140. The van der Waals surface area contributed by atoms with E-state index >= 15 is 0 Å². The monoisotopic (exact) mass is 583 g/mol. The summed E-state index contributed by atoms with van der Waals surface area (Å²) in [6.45, 7) is 9.57. The molecule has 3 aromatic rings. The second-order valence-electron chi connectivity index (χ2n) is 10.3. The maximum Gasteiger partial charge on any atom is 0.264 e. The fourth-order valence-electron chi connectivity index (χ4n) is 4.47. The molecule has 0 aliphatic rings. The molecule has 9 heteroatoms. The van der Waals surface area contributed by atoms with Gasteiger partial charge in [-0.05, 0) is 61.6 Å². The second-order valence-corrected chi connectivity index (χ2v) is 12.6. The third-order valence-corrected chi connectivity index (χ3v) is 8.74. The number of aryl methyl sites for hydroxylation is 2. The first-order valence-electron chi connectivity index (χ1n) is 13.4. The van der Waals surface area contributed by atoms with Crippen molar-refractivity contribution in [3.05, 3.63) is 94.5 Å². The highest BCUT2D eigenvalue weighted by Crippen LogP contribution is 2.28. The summed E-state index contributed by atoms with van der Waals surface area (Å²) in [6, 6.07) is 19.7. The van der Waals surface area contributed by atoms with Crippen molar-refractivity contribution in [3.8, 4) is 0 Å². The van der Waals surface area contributed by atoms with Crippen molar-refractivity contribution in [1.29, 1.82) is 0 Å². The summed E-state index contributed by atoms with van der Waals surface area (Å²) in [4.78, 5) is 28.9. The number of rotatable bonds is 12. The molecular weight excluding hydrogens is 546 g/mol. The van der Waals surface area contributed by atoms with Gasteiger partial charge in [0.25, 0.3) is 10.0 Å². The van der Waals surface area contributed by atoms with Gasteiger partial charge < -0.3 is 10.2 Å². The van der Waals surface area contributed by atoms with Crippen LogP contribution in [0.15, 0.2) is 77.7 Å². The van der Waals surface area contributed by atoms with Crippen molar-refractivity contribution in [2.45, 2.75) is 58.5 Å². The third-order valence-electron chi connectivity index (χ3n) is 6.60. The van der Waals surface area contributed by atoms with Gasteiger partial charge in [-0.25, -0.2) is 8.42 Å². The standard InChI is InChI=1S/C31H38ClN3O4S/c1-6-28(31(37)33-19-22(2)3)34(20-25-12-10-11-15-27(25)32)30(36)21-35(29-17-16-23(4)18-24(29)5)40(38,39)26-13-8-7-9-14-26/h7-18,22,28H,6,19-21H2,1-5H3,(H,33,37)/t28-/m0/s1. The molecule has 0 aliphatic heterocycles. The fourth-order valence-corrected chi connectivity index (χ4v) is 6.17. The van der Waals surface area contributed by atoms with Crippen LogP contribution in [0.1, 0.15) is 43.9 Å². The molecule has 3 aromatic carbocycles. The van der Waals surface area contributed by atoms with Crippen LogP contribution in [0.25, 0.3) is 0 Å². The Kier molecular flexibility index (Phi) is 10.8. The molecule has 0 aromatic heterocycles. The summed E-state index contributed by atoms with van der Waals surface area (Å²) in [5.74, 6) is -0.572. The third kappa shape index (κ3) is 7.64. The number of nitrogens with zero attached hydrogens (tertiary/aromatic N) is 2. The predicted molar refractivity (Wildman–Crippen MR) is 161 cm³/mol. The van der Waals surface area contributed by atoms with Crippen LogP contribution >= 0.6 is 11.6 Å². The van der Waals surface area contributed by atoms with Crippen molar-refractivity contribution in [2.75, 3.05) is 17.4 Å². The van der Waals surface area contributed by atoms with E-state index in [4.69, 9.17) is 11.6 Å². The molecule has 0 fully saturated rings. The van der Waals surface area contributed by atoms with Crippen LogP contribution in [0, 0.1) is 19.8 Å². The summed E-state index contributed by atoms with van der Waals surface area (Å²) in [5.41, 5.74) is 2.75. The van der Waals surface area contributed by atoms with E-state index in [1.807, 2.05) is 52.8 Å². The molecule has 0 unspecified atom stereocenters. The number of hydrogen-bond donors (Lipinski definition) is 1. The molecule has 214 valence electrons. The molecule has 3 rings (SSSR count). The van der Waals surface area contributed by atoms with Crippen LogP contribution in [-0.2, 0) is 26.2 Å². The van der Waals surface area contributed by atoms with Crippen molar-refractivity contribution in [2.24, 2.45) is 5.92 Å². The lowest BCUT2D eigenvalue weighted by atomic mass is 10.1. The van der Waals surface area contributed by atoms with Gasteiger partial charge in [0.1, 0.15) is 12.6 Å². The zero-order chi connectivity index (χ0) is 29.4. The summed E-state index contributed by atoms with van der Waals surface area (Å²) in [5, 5.41) is 3.39. The predicted octanol–water partition coefficient (Wildman–Crippen LogP) is 5.73. The van der Waals surface area contributed by atoms with Crippen LogP contribution in [0.2, 0.25) is 5.02 Å². The van der Waals surface area contributed by atoms with E-state index in [1.54, 1.807) is 42.5 Å². The van der Waals surface area contributed by atoms with Gasteiger partial charge in [-0.1, -0.05) is 86.5 Å². The molecule has 0 saturated heterocycles. The van der Waals surface area contributed by atoms with Gasteiger partial charge in [-0.3, -0.25) is 13.9 Å². The number of nitrogens with one attached hydrogen (secondary N) is 1. The van der Waals surface area contributed by atoms with Gasteiger partial charge in [-0.15, -0.1) is 0 Å². The molecule has 0 heterocycles. The van der Waals surface area contributed by atoms with Crippen molar-refractivity contribution in [1.82, 2.24) is 10.2 Å². The summed E-state index contributed by atoms with van der Waals surface area (Å²) >= 11 is 6.45. The molecule has 0 aliphatic carbocycles. The van der Waals surface area contributed by atoms with Gasteiger partial charge >= 0.3 is 0 Å². The lowest BCUT2D eigenvalue weighted by Crippen LogP contribution is -2.52. The minimum absolute atomic E-state index is 0.0538. The quantitative estimate of drug-likeness (QED) is 0.295. The zero-order valence-electron chi connectivity index (χ0n) is 23.7. The normalized spacial score (nSPS) is 12.2. The number of carbonyl (C=O) groups is 2. The Bertz CT molecular complexity index is 1430. The average Bonchev–Trinajstić information content (AvgIpc) is 2.92. The molecule has 1 atom stereocenters. The number of amides is 2. The Hall–Kier alpha value is -3.36. The second kappa shape index (κ2) is 13.8. The first-order chi connectivity index (χ1) is 18.9. The van der Waals surface area contributed by atoms with Crippen LogP contribution in [0.5, 0.6) is 0 Å². The largest absolute Gasteiger partial charge is 0.354 e. The fraction of sp³-hybridized carbons (Fsp3) is 0.355. The van der Waals surface area contributed by atoms with Gasteiger partial charge in [0.05, 0.1) is 10.6 Å². The smallest absolute Gasteiger partial charge is 0.264 e. The number of sulfonamides is 1. The van der Waals surface area contributed by atoms with Gasteiger partial charge in [0, 0.05) is 18.1 Å². The molecule has 0 radical (unpaired) electrons. The Labute approximate surface area is 243 Å². The van der Waals surface area contributed by atoms with Crippen LogP contribution in [0.3, 0.4) is 0 Å². The maximum atomic E-state index is 14.1. The summed E-state index contributed by atoms with van der Waals surface area (Å²) in [6.07, 6.45) is 0.342. The number of benzene rings is 3. The van der Waals surface area contributed by atoms with Gasteiger partial charge in [0.15, 0.2) is 0 Å². The van der Waals surface area contributed by atoms with Crippen molar-refractivity contribution in [3.63, 3.8) is 0 Å². The van der Waals surface area contributed by atoms with Crippen molar-refractivity contribution < 1.29 is 18.0 Å². The van der Waals surface area contributed by atoms with E-state index in [2.05, 4.69) is 5.32 Å². The molecule has 0 spiro atoms.